The number of ether oxygens (including phenoxy) is 4. The van der Waals surface area contributed by atoms with Crippen molar-refractivity contribution < 1.29 is 80.2 Å². The Kier molecular flexibility index (Phi) is 61.4. The molecule has 516 valence electrons. The number of esters is 4. The Bertz CT molecular complexity index is 1670. The lowest BCUT2D eigenvalue weighted by Crippen LogP contribution is -2.30. The minimum absolute atomic E-state index is 0.108. The van der Waals surface area contributed by atoms with Gasteiger partial charge < -0.3 is 33.8 Å². The van der Waals surface area contributed by atoms with E-state index in [1.165, 1.54) is 186 Å². The summed E-state index contributed by atoms with van der Waals surface area (Å²) in [6.45, 7) is 4.92. The summed E-state index contributed by atoms with van der Waals surface area (Å²) in [6, 6.07) is 0. The molecule has 0 saturated heterocycles. The first-order valence-electron chi connectivity index (χ1n) is 35.8. The van der Waals surface area contributed by atoms with Crippen molar-refractivity contribution in [3.8, 4) is 0 Å². The van der Waals surface area contributed by atoms with Crippen LogP contribution in [0.2, 0.25) is 0 Å². The van der Waals surface area contributed by atoms with Gasteiger partial charge in [-0.05, 0) is 25.7 Å². The lowest BCUT2D eigenvalue weighted by Gasteiger charge is -2.21. The fourth-order valence-corrected chi connectivity index (χ4v) is 11.9. The average Bonchev–Trinajstić information content (AvgIpc) is 3.71. The first-order valence-corrected chi connectivity index (χ1v) is 38.8. The smallest absolute Gasteiger partial charge is 0.462 e. The molecule has 2 unspecified atom stereocenters. The largest absolute Gasteiger partial charge is 0.472 e. The molecular weight excluding hydrogens is 1150 g/mol. The van der Waals surface area contributed by atoms with Crippen molar-refractivity contribution in [3.63, 3.8) is 0 Å². The Morgan fingerprint density at radius 2 is 0.460 bits per heavy atom. The normalized spacial score (nSPS) is 14.1. The number of unbranched alkanes of at least 4 members (excludes halogenated alkanes) is 43. The van der Waals surface area contributed by atoms with Crippen molar-refractivity contribution in [2.45, 2.75) is 373 Å². The van der Waals surface area contributed by atoms with Crippen LogP contribution in [-0.2, 0) is 65.4 Å². The zero-order chi connectivity index (χ0) is 64.0. The molecule has 5 atom stereocenters. The summed E-state index contributed by atoms with van der Waals surface area (Å²) in [6.07, 6.45) is 49.7. The lowest BCUT2D eigenvalue weighted by molar-refractivity contribution is -0.161. The summed E-state index contributed by atoms with van der Waals surface area (Å²) < 4.78 is 68.2. The molecule has 0 spiro atoms. The molecule has 0 rings (SSSR count). The third-order valence-electron chi connectivity index (χ3n) is 15.9. The van der Waals surface area contributed by atoms with E-state index in [2.05, 4.69) is 27.7 Å². The number of aliphatic hydroxyl groups is 1. The molecule has 0 aromatic heterocycles. The van der Waals surface area contributed by atoms with Crippen molar-refractivity contribution in [3.05, 3.63) is 0 Å². The van der Waals surface area contributed by atoms with E-state index < -0.39 is 97.5 Å². The Morgan fingerprint density at radius 1 is 0.276 bits per heavy atom. The number of aliphatic hydroxyl groups excluding tert-OH is 1. The molecule has 0 fully saturated rings. The van der Waals surface area contributed by atoms with Gasteiger partial charge in [0.25, 0.3) is 0 Å². The van der Waals surface area contributed by atoms with E-state index in [1.807, 2.05) is 0 Å². The van der Waals surface area contributed by atoms with Gasteiger partial charge in [-0.25, -0.2) is 9.13 Å². The molecule has 19 heteroatoms. The molecule has 0 heterocycles. The molecule has 0 aliphatic rings. The van der Waals surface area contributed by atoms with Gasteiger partial charge >= 0.3 is 39.5 Å². The molecule has 0 amide bonds. The molecule has 87 heavy (non-hydrogen) atoms. The van der Waals surface area contributed by atoms with E-state index >= 15 is 0 Å². The van der Waals surface area contributed by atoms with Crippen LogP contribution >= 0.6 is 15.6 Å². The first kappa shape index (κ1) is 85.1. The number of phosphoric ester groups is 2. The van der Waals surface area contributed by atoms with Crippen molar-refractivity contribution in [2.24, 2.45) is 0 Å². The second-order valence-corrected chi connectivity index (χ2v) is 27.5. The SMILES string of the molecule is CCCCCCCCCCCCCCCCC(=O)O[C@H](COC(=O)CCCCCCCCCCCCCC)COP(=O)(O)OC[C@@H](O)COP(=O)(O)OC[C@@H](COC(=O)CCCCCCCCCCC)OC(=O)CCCCCCCCCCCCCC. The Labute approximate surface area is 530 Å². The van der Waals surface area contributed by atoms with Crippen LogP contribution < -0.4 is 0 Å². The topological polar surface area (TPSA) is 237 Å². The van der Waals surface area contributed by atoms with E-state index in [0.29, 0.717) is 25.7 Å². The average molecular weight is 1280 g/mol. The highest BCUT2D eigenvalue weighted by atomic mass is 31.2. The Hall–Kier alpha value is -1.94. The van der Waals surface area contributed by atoms with Crippen molar-refractivity contribution in [2.75, 3.05) is 39.6 Å². The highest BCUT2D eigenvalue weighted by Crippen LogP contribution is 2.45. The summed E-state index contributed by atoms with van der Waals surface area (Å²) in [5, 5.41) is 10.6. The molecule has 17 nitrogen and oxygen atoms in total. The van der Waals surface area contributed by atoms with E-state index in [9.17, 15) is 43.2 Å². The number of hydrogen-bond donors (Lipinski definition) is 3. The van der Waals surface area contributed by atoms with E-state index in [-0.39, 0.29) is 25.7 Å². The van der Waals surface area contributed by atoms with Crippen molar-refractivity contribution >= 4 is 39.5 Å². The van der Waals surface area contributed by atoms with Gasteiger partial charge in [0.15, 0.2) is 12.2 Å². The molecule has 0 saturated carbocycles. The Balaban J connectivity index is 5.23. The summed E-state index contributed by atoms with van der Waals surface area (Å²) in [4.78, 5) is 72.4. The first-order chi connectivity index (χ1) is 42.2. The molecular formula is C68H132O17P2. The van der Waals surface area contributed by atoms with Crippen LogP contribution in [0.4, 0.5) is 0 Å². The molecule has 0 aromatic carbocycles. The summed E-state index contributed by atoms with van der Waals surface area (Å²) in [7, 11) is -9.89. The maximum absolute atomic E-state index is 13.0. The van der Waals surface area contributed by atoms with Crippen LogP contribution in [0.3, 0.4) is 0 Å². The molecule has 0 bridgehead atoms. The number of hydrogen-bond acceptors (Lipinski definition) is 15. The number of rotatable bonds is 69. The minimum Gasteiger partial charge on any atom is -0.462 e. The molecule has 0 aromatic rings. The van der Waals surface area contributed by atoms with E-state index in [1.54, 1.807) is 0 Å². The molecule has 0 aliphatic carbocycles. The zero-order valence-corrected chi connectivity index (χ0v) is 57.8. The standard InChI is InChI=1S/C68H132O17P2/c1-5-9-13-17-21-25-28-31-32-35-39-43-47-51-55-68(73)85-64(59-79-66(71)53-49-45-41-37-33-29-26-22-18-14-10-6-2)61-83-87(76,77)81-57-62(69)56-80-86(74,75)82-60-63(58-78-65(70)52-48-44-40-36-24-20-16-12-8-4)84-67(72)54-50-46-42-38-34-30-27-23-19-15-11-7-3/h62-64,69H,5-61H2,1-4H3,(H,74,75)(H,76,77)/t62-,63+,64+/m0/s1. The van der Waals surface area contributed by atoms with Gasteiger partial charge in [-0.15, -0.1) is 0 Å². The van der Waals surface area contributed by atoms with Crippen LogP contribution in [0.15, 0.2) is 0 Å². The van der Waals surface area contributed by atoms with E-state index in [0.717, 1.165) is 89.9 Å². The summed E-state index contributed by atoms with van der Waals surface area (Å²) in [5.41, 5.74) is 0. The van der Waals surface area contributed by atoms with Gasteiger partial charge in [0, 0.05) is 25.7 Å². The molecule has 0 radical (unpaired) electrons. The third kappa shape index (κ3) is 62.6. The monoisotopic (exact) mass is 1280 g/mol. The van der Waals surface area contributed by atoms with Crippen LogP contribution in [0, 0.1) is 0 Å². The number of carbonyl (C=O) groups is 4. The van der Waals surface area contributed by atoms with Crippen molar-refractivity contribution in [1.29, 1.82) is 0 Å². The van der Waals surface area contributed by atoms with Gasteiger partial charge in [0.1, 0.15) is 19.3 Å². The fourth-order valence-electron chi connectivity index (χ4n) is 10.3. The quantitative estimate of drug-likeness (QED) is 0.0222. The predicted octanol–water partition coefficient (Wildman–Crippen LogP) is 19.5. The van der Waals surface area contributed by atoms with Crippen LogP contribution in [0.25, 0.3) is 0 Å². The maximum Gasteiger partial charge on any atom is 0.472 e. The Morgan fingerprint density at radius 3 is 0.678 bits per heavy atom. The van der Waals surface area contributed by atoms with Crippen LogP contribution in [-0.4, -0.2) is 96.7 Å². The minimum atomic E-state index is -4.95. The van der Waals surface area contributed by atoms with Gasteiger partial charge in [-0.2, -0.15) is 0 Å². The van der Waals surface area contributed by atoms with Gasteiger partial charge in [-0.3, -0.25) is 37.3 Å². The second-order valence-electron chi connectivity index (χ2n) is 24.6. The maximum atomic E-state index is 13.0. The highest BCUT2D eigenvalue weighted by Gasteiger charge is 2.30. The number of carbonyl (C=O) groups excluding carboxylic acids is 4. The van der Waals surface area contributed by atoms with Gasteiger partial charge in [-0.1, -0.05) is 304 Å². The third-order valence-corrected chi connectivity index (χ3v) is 17.8. The summed E-state index contributed by atoms with van der Waals surface area (Å²) in [5.74, 6) is -2.12. The van der Waals surface area contributed by atoms with Gasteiger partial charge in [0.05, 0.1) is 26.4 Å². The summed E-state index contributed by atoms with van der Waals surface area (Å²) >= 11 is 0. The van der Waals surface area contributed by atoms with Crippen molar-refractivity contribution in [1.82, 2.24) is 0 Å². The molecule has 3 N–H and O–H groups in total. The predicted molar refractivity (Wildman–Crippen MR) is 349 cm³/mol. The zero-order valence-electron chi connectivity index (χ0n) is 56.0. The molecule has 0 aliphatic heterocycles. The number of phosphoric acid groups is 2. The van der Waals surface area contributed by atoms with Gasteiger partial charge in [0.2, 0.25) is 0 Å². The fraction of sp³-hybridized carbons (Fsp3) is 0.941. The lowest BCUT2D eigenvalue weighted by atomic mass is 10.0. The second kappa shape index (κ2) is 62.8. The van der Waals surface area contributed by atoms with Crippen LogP contribution in [0.5, 0.6) is 0 Å². The van der Waals surface area contributed by atoms with Crippen LogP contribution in [0.1, 0.15) is 355 Å². The highest BCUT2D eigenvalue weighted by molar-refractivity contribution is 7.47. The van der Waals surface area contributed by atoms with E-state index in [4.69, 9.17) is 37.0 Å².